The van der Waals surface area contributed by atoms with E-state index >= 15 is 0 Å². The lowest BCUT2D eigenvalue weighted by atomic mass is 10.1. The van der Waals surface area contributed by atoms with Gasteiger partial charge in [-0.1, -0.05) is 6.08 Å². The Bertz CT molecular complexity index is 387. The molecule has 1 aliphatic rings. The average Bonchev–Trinajstić information content (AvgIpc) is 2.66. The molecule has 0 saturated carbocycles. The number of ether oxygens (including phenoxy) is 2. The van der Waals surface area contributed by atoms with Crippen LogP contribution in [0.15, 0.2) is 12.2 Å². The SMILES string of the molecule is CCOC(=O)/C=C/[C@@H]1C[C@H](N)CN1C(=O)OC(C)(C)C. The molecule has 1 heterocycles. The van der Waals surface area contributed by atoms with E-state index in [-0.39, 0.29) is 12.1 Å². The maximum Gasteiger partial charge on any atom is 0.410 e. The Balaban J connectivity index is 2.69. The Morgan fingerprint density at radius 2 is 2.05 bits per heavy atom. The summed E-state index contributed by atoms with van der Waals surface area (Å²) in [6, 6.07) is -0.344. The van der Waals surface area contributed by atoms with E-state index in [1.807, 2.05) is 20.8 Å². The van der Waals surface area contributed by atoms with Crippen molar-refractivity contribution >= 4 is 12.1 Å². The molecule has 1 amide bonds. The monoisotopic (exact) mass is 284 g/mol. The molecule has 0 aromatic carbocycles. The van der Waals surface area contributed by atoms with Gasteiger partial charge in [-0.3, -0.25) is 0 Å². The van der Waals surface area contributed by atoms with Crippen molar-refractivity contribution in [3.63, 3.8) is 0 Å². The topological polar surface area (TPSA) is 81.9 Å². The highest BCUT2D eigenvalue weighted by atomic mass is 16.6. The number of hydrogen-bond donors (Lipinski definition) is 1. The second kappa shape index (κ2) is 6.74. The van der Waals surface area contributed by atoms with Crippen LogP contribution in [0.1, 0.15) is 34.1 Å². The summed E-state index contributed by atoms with van der Waals surface area (Å²) < 4.78 is 10.1. The van der Waals surface area contributed by atoms with Gasteiger partial charge in [-0.05, 0) is 34.1 Å². The summed E-state index contributed by atoms with van der Waals surface area (Å²) in [6.45, 7) is 7.92. The molecule has 114 valence electrons. The minimum atomic E-state index is -0.556. The van der Waals surface area contributed by atoms with E-state index in [9.17, 15) is 9.59 Å². The minimum absolute atomic E-state index is 0.112. The molecule has 6 nitrogen and oxygen atoms in total. The third-order valence-electron chi connectivity index (χ3n) is 2.74. The molecule has 0 aliphatic carbocycles. The predicted molar refractivity (Wildman–Crippen MR) is 75.1 cm³/mol. The molecule has 0 radical (unpaired) electrons. The Labute approximate surface area is 119 Å². The molecule has 0 unspecified atom stereocenters. The predicted octanol–water partition coefficient (Wildman–Crippen LogP) is 1.44. The number of nitrogens with two attached hydrogens (primary N) is 1. The van der Waals surface area contributed by atoms with Gasteiger partial charge in [0, 0.05) is 18.7 Å². The maximum absolute atomic E-state index is 12.1. The van der Waals surface area contributed by atoms with Crippen molar-refractivity contribution in [2.75, 3.05) is 13.2 Å². The molecule has 1 saturated heterocycles. The van der Waals surface area contributed by atoms with Crippen LogP contribution < -0.4 is 5.73 Å². The molecular formula is C14H24N2O4. The first-order chi connectivity index (χ1) is 9.23. The van der Waals surface area contributed by atoms with Crippen molar-refractivity contribution in [3.8, 4) is 0 Å². The van der Waals surface area contributed by atoms with Crippen molar-refractivity contribution in [1.29, 1.82) is 0 Å². The van der Waals surface area contributed by atoms with Gasteiger partial charge >= 0.3 is 12.1 Å². The molecule has 6 heteroatoms. The summed E-state index contributed by atoms with van der Waals surface area (Å²) in [5, 5.41) is 0. The van der Waals surface area contributed by atoms with Crippen molar-refractivity contribution in [2.45, 2.75) is 51.8 Å². The summed E-state index contributed by atoms with van der Waals surface area (Å²) in [6.07, 6.45) is 3.18. The Kier molecular flexibility index (Phi) is 5.56. The highest BCUT2D eigenvalue weighted by Crippen LogP contribution is 2.21. The van der Waals surface area contributed by atoms with E-state index in [0.717, 1.165) is 0 Å². The standard InChI is InChI=1S/C14H24N2O4/c1-5-19-12(17)7-6-11-8-10(15)9-16(11)13(18)20-14(2,3)4/h6-7,10-11H,5,8-9,15H2,1-4H3/b7-6+/t10-,11+/m0/s1. The molecule has 0 aromatic rings. The van der Waals surface area contributed by atoms with Gasteiger partial charge in [0.25, 0.3) is 0 Å². The zero-order valence-corrected chi connectivity index (χ0v) is 12.6. The second-order valence-electron chi connectivity index (χ2n) is 5.81. The summed E-state index contributed by atoms with van der Waals surface area (Å²) in [7, 11) is 0. The smallest absolute Gasteiger partial charge is 0.410 e. The summed E-state index contributed by atoms with van der Waals surface area (Å²) in [5.74, 6) is -0.419. The molecule has 2 N–H and O–H groups in total. The van der Waals surface area contributed by atoms with E-state index in [4.69, 9.17) is 15.2 Å². The lowest BCUT2D eigenvalue weighted by molar-refractivity contribution is -0.137. The first-order valence-corrected chi connectivity index (χ1v) is 6.83. The van der Waals surface area contributed by atoms with Crippen LogP contribution in [0.4, 0.5) is 4.79 Å². The fraction of sp³-hybridized carbons (Fsp3) is 0.714. The van der Waals surface area contributed by atoms with E-state index in [1.54, 1.807) is 17.9 Å². The van der Waals surface area contributed by atoms with Gasteiger partial charge in [-0.15, -0.1) is 0 Å². The molecule has 0 aromatic heterocycles. The largest absolute Gasteiger partial charge is 0.463 e. The Morgan fingerprint density at radius 1 is 1.40 bits per heavy atom. The van der Waals surface area contributed by atoms with Crippen molar-refractivity contribution in [1.82, 2.24) is 4.90 Å². The van der Waals surface area contributed by atoms with E-state index < -0.39 is 17.7 Å². The fourth-order valence-corrected chi connectivity index (χ4v) is 1.99. The Hall–Kier alpha value is -1.56. The maximum atomic E-state index is 12.1. The highest BCUT2D eigenvalue weighted by Gasteiger charge is 2.34. The van der Waals surface area contributed by atoms with Crippen molar-refractivity contribution in [3.05, 3.63) is 12.2 Å². The number of nitrogens with zero attached hydrogens (tertiary/aromatic N) is 1. The number of likely N-dealkylation sites (tertiary alicyclic amines) is 1. The van der Waals surface area contributed by atoms with Crippen LogP contribution in [-0.4, -0.2) is 47.8 Å². The number of esters is 1. The number of carbonyl (C=O) groups excluding carboxylic acids is 2. The van der Waals surface area contributed by atoms with Crippen LogP contribution in [0, 0.1) is 0 Å². The molecule has 1 aliphatic heterocycles. The van der Waals surface area contributed by atoms with Crippen LogP contribution >= 0.6 is 0 Å². The van der Waals surface area contributed by atoms with Crippen molar-refractivity contribution < 1.29 is 19.1 Å². The van der Waals surface area contributed by atoms with Crippen molar-refractivity contribution in [2.24, 2.45) is 5.73 Å². The van der Waals surface area contributed by atoms with E-state index in [0.29, 0.717) is 19.6 Å². The van der Waals surface area contributed by atoms with Gasteiger partial charge in [0.05, 0.1) is 12.6 Å². The minimum Gasteiger partial charge on any atom is -0.463 e. The number of hydrogen-bond acceptors (Lipinski definition) is 5. The van der Waals surface area contributed by atoms with Gasteiger partial charge in [0.2, 0.25) is 0 Å². The molecule has 2 atom stereocenters. The molecule has 20 heavy (non-hydrogen) atoms. The molecule has 1 rings (SSSR count). The summed E-state index contributed by atoms with van der Waals surface area (Å²) in [5.41, 5.74) is 5.33. The molecule has 0 bridgehead atoms. The zero-order chi connectivity index (χ0) is 15.3. The second-order valence-corrected chi connectivity index (χ2v) is 5.81. The third kappa shape index (κ3) is 5.21. The van der Waals surface area contributed by atoms with Crippen LogP contribution in [0.2, 0.25) is 0 Å². The van der Waals surface area contributed by atoms with Crippen LogP contribution in [0.5, 0.6) is 0 Å². The van der Waals surface area contributed by atoms with Gasteiger partial charge in [-0.2, -0.15) is 0 Å². The normalized spacial score (nSPS) is 23.1. The average molecular weight is 284 g/mol. The third-order valence-corrected chi connectivity index (χ3v) is 2.74. The van der Waals surface area contributed by atoms with Gasteiger partial charge < -0.3 is 20.1 Å². The highest BCUT2D eigenvalue weighted by molar-refractivity contribution is 5.82. The van der Waals surface area contributed by atoms with Crippen LogP contribution in [0.25, 0.3) is 0 Å². The first kappa shape index (κ1) is 16.5. The summed E-state index contributed by atoms with van der Waals surface area (Å²) in [4.78, 5) is 24.9. The Morgan fingerprint density at radius 3 is 2.60 bits per heavy atom. The number of amides is 1. The van der Waals surface area contributed by atoms with E-state index in [2.05, 4.69) is 0 Å². The van der Waals surface area contributed by atoms with Gasteiger partial charge in [0.1, 0.15) is 5.60 Å². The zero-order valence-electron chi connectivity index (χ0n) is 12.6. The lowest BCUT2D eigenvalue weighted by Crippen LogP contribution is -2.40. The molecule has 0 spiro atoms. The number of carbonyl (C=O) groups is 2. The van der Waals surface area contributed by atoms with E-state index in [1.165, 1.54) is 6.08 Å². The number of rotatable bonds is 3. The summed E-state index contributed by atoms with van der Waals surface area (Å²) >= 11 is 0. The van der Waals surface area contributed by atoms with Crippen LogP contribution in [-0.2, 0) is 14.3 Å². The molecule has 1 fully saturated rings. The molecular weight excluding hydrogens is 260 g/mol. The van der Waals surface area contributed by atoms with Crippen LogP contribution in [0.3, 0.4) is 0 Å². The first-order valence-electron chi connectivity index (χ1n) is 6.83. The van der Waals surface area contributed by atoms with Gasteiger partial charge in [-0.25, -0.2) is 9.59 Å². The quantitative estimate of drug-likeness (QED) is 0.626. The lowest BCUT2D eigenvalue weighted by Gasteiger charge is -2.27. The fourth-order valence-electron chi connectivity index (χ4n) is 1.99. The van der Waals surface area contributed by atoms with Gasteiger partial charge in [0.15, 0.2) is 0 Å².